The van der Waals surface area contributed by atoms with E-state index in [0.717, 1.165) is 18.9 Å². The van der Waals surface area contributed by atoms with Crippen molar-refractivity contribution < 1.29 is 9.90 Å². The van der Waals surface area contributed by atoms with E-state index >= 15 is 0 Å². The topological polar surface area (TPSA) is 37.3 Å². The van der Waals surface area contributed by atoms with Crippen LogP contribution < -0.4 is 0 Å². The molecular weight excluding hydrogens is 200 g/mol. The molecule has 1 unspecified atom stereocenters. The van der Waals surface area contributed by atoms with Crippen LogP contribution >= 0.6 is 0 Å². The minimum Gasteiger partial charge on any atom is -0.478 e. The predicted molar refractivity (Wildman–Crippen MR) is 68.4 cm³/mol. The third-order valence-electron chi connectivity index (χ3n) is 2.24. The summed E-state index contributed by atoms with van der Waals surface area (Å²) in [4.78, 5) is 10.2. The molecule has 0 aliphatic carbocycles. The van der Waals surface area contributed by atoms with E-state index in [-0.39, 0.29) is 0 Å². The summed E-state index contributed by atoms with van der Waals surface area (Å²) in [5, 5.41) is 8.36. The van der Waals surface area contributed by atoms with Crippen molar-refractivity contribution in [1.82, 2.24) is 0 Å². The van der Waals surface area contributed by atoms with Crippen LogP contribution in [0, 0.1) is 5.92 Å². The molecule has 1 atom stereocenters. The van der Waals surface area contributed by atoms with Gasteiger partial charge in [0.25, 0.3) is 0 Å². The Balaban J connectivity index is 3.68. The highest BCUT2D eigenvalue weighted by Gasteiger charge is 1.97. The molecule has 0 amide bonds. The second kappa shape index (κ2) is 8.96. The van der Waals surface area contributed by atoms with E-state index in [2.05, 4.69) is 26.8 Å². The summed E-state index contributed by atoms with van der Waals surface area (Å²) in [5.74, 6) is -0.258. The summed E-state index contributed by atoms with van der Waals surface area (Å²) < 4.78 is 0. The SMILES string of the molecule is CC(C)=CCCC(C)C/C=C/C=C/C(=O)O. The molecule has 0 aliphatic rings. The Hall–Kier alpha value is -1.31. The Morgan fingerprint density at radius 3 is 2.56 bits per heavy atom. The lowest BCUT2D eigenvalue weighted by atomic mass is 10.0. The van der Waals surface area contributed by atoms with Gasteiger partial charge < -0.3 is 5.11 Å². The molecular formula is C14H22O2. The molecule has 0 aromatic rings. The molecule has 1 N–H and O–H groups in total. The summed E-state index contributed by atoms with van der Waals surface area (Å²) in [6.07, 6.45) is 12.1. The Morgan fingerprint density at radius 1 is 1.31 bits per heavy atom. The van der Waals surface area contributed by atoms with Crippen LogP contribution in [0.5, 0.6) is 0 Å². The fourth-order valence-corrected chi connectivity index (χ4v) is 1.30. The van der Waals surface area contributed by atoms with E-state index < -0.39 is 5.97 Å². The maximum absolute atomic E-state index is 10.2. The summed E-state index contributed by atoms with van der Waals surface area (Å²) in [5.41, 5.74) is 1.37. The van der Waals surface area contributed by atoms with Gasteiger partial charge in [-0.2, -0.15) is 0 Å². The Morgan fingerprint density at radius 2 is 2.00 bits per heavy atom. The Labute approximate surface area is 98.4 Å². The van der Waals surface area contributed by atoms with Gasteiger partial charge in [0, 0.05) is 6.08 Å². The van der Waals surface area contributed by atoms with Crippen molar-refractivity contribution in [2.24, 2.45) is 5.92 Å². The molecule has 16 heavy (non-hydrogen) atoms. The number of allylic oxidation sites excluding steroid dienone is 5. The van der Waals surface area contributed by atoms with Crippen LogP contribution in [-0.4, -0.2) is 11.1 Å². The van der Waals surface area contributed by atoms with E-state index in [9.17, 15) is 4.79 Å². The molecule has 0 aromatic carbocycles. The van der Waals surface area contributed by atoms with Crippen molar-refractivity contribution in [2.45, 2.75) is 40.0 Å². The van der Waals surface area contributed by atoms with Gasteiger partial charge in [-0.15, -0.1) is 0 Å². The first-order valence-electron chi connectivity index (χ1n) is 5.72. The van der Waals surface area contributed by atoms with Crippen molar-refractivity contribution in [3.05, 3.63) is 36.0 Å². The number of carboxylic acid groups (broad SMARTS) is 1. The van der Waals surface area contributed by atoms with Crippen LogP contribution in [0.25, 0.3) is 0 Å². The van der Waals surface area contributed by atoms with Gasteiger partial charge in [-0.1, -0.05) is 36.8 Å². The summed E-state index contributed by atoms with van der Waals surface area (Å²) >= 11 is 0. The van der Waals surface area contributed by atoms with Crippen LogP contribution in [0.3, 0.4) is 0 Å². The molecule has 2 heteroatoms. The smallest absolute Gasteiger partial charge is 0.328 e. The maximum atomic E-state index is 10.2. The number of hydrogen-bond acceptors (Lipinski definition) is 1. The van der Waals surface area contributed by atoms with Crippen LogP contribution in [0.1, 0.15) is 40.0 Å². The largest absolute Gasteiger partial charge is 0.478 e. The molecule has 0 aromatic heterocycles. The van der Waals surface area contributed by atoms with Crippen molar-refractivity contribution in [1.29, 1.82) is 0 Å². The van der Waals surface area contributed by atoms with E-state index in [1.165, 1.54) is 12.0 Å². The molecule has 2 nitrogen and oxygen atoms in total. The molecule has 0 radical (unpaired) electrons. The number of carbonyl (C=O) groups is 1. The van der Waals surface area contributed by atoms with Crippen molar-refractivity contribution in [3.63, 3.8) is 0 Å². The van der Waals surface area contributed by atoms with Gasteiger partial charge in [0.2, 0.25) is 0 Å². The number of carboxylic acids is 1. The second-order valence-corrected chi connectivity index (χ2v) is 4.33. The van der Waals surface area contributed by atoms with Crippen LogP contribution in [0.4, 0.5) is 0 Å². The molecule has 0 spiro atoms. The molecule has 0 saturated carbocycles. The molecule has 0 saturated heterocycles. The van der Waals surface area contributed by atoms with E-state index in [4.69, 9.17) is 5.11 Å². The fraction of sp³-hybridized carbons (Fsp3) is 0.500. The highest BCUT2D eigenvalue weighted by molar-refractivity contribution is 5.80. The third-order valence-corrected chi connectivity index (χ3v) is 2.24. The van der Waals surface area contributed by atoms with E-state index in [0.29, 0.717) is 5.92 Å². The minimum atomic E-state index is -0.902. The first kappa shape index (κ1) is 14.7. The zero-order valence-corrected chi connectivity index (χ0v) is 10.4. The molecule has 0 bridgehead atoms. The first-order chi connectivity index (χ1) is 7.52. The van der Waals surface area contributed by atoms with E-state index in [1.807, 2.05) is 6.08 Å². The quantitative estimate of drug-likeness (QED) is 0.402. The Kier molecular flexibility index (Phi) is 8.22. The second-order valence-electron chi connectivity index (χ2n) is 4.33. The summed E-state index contributed by atoms with van der Waals surface area (Å²) in [6.45, 7) is 6.44. The van der Waals surface area contributed by atoms with Gasteiger partial charge >= 0.3 is 5.97 Å². The van der Waals surface area contributed by atoms with Crippen molar-refractivity contribution >= 4 is 5.97 Å². The monoisotopic (exact) mass is 222 g/mol. The lowest BCUT2D eigenvalue weighted by Gasteiger charge is -2.05. The normalized spacial score (nSPS) is 13.2. The molecule has 0 rings (SSSR count). The summed E-state index contributed by atoms with van der Waals surface area (Å²) in [6, 6.07) is 0. The maximum Gasteiger partial charge on any atom is 0.328 e. The van der Waals surface area contributed by atoms with Crippen molar-refractivity contribution in [2.75, 3.05) is 0 Å². The van der Waals surface area contributed by atoms with Gasteiger partial charge in [-0.05, 0) is 39.0 Å². The third kappa shape index (κ3) is 10.8. The number of aliphatic carboxylic acids is 1. The highest BCUT2D eigenvalue weighted by atomic mass is 16.4. The lowest BCUT2D eigenvalue weighted by Crippen LogP contribution is -1.91. The Bertz CT molecular complexity index is 281. The van der Waals surface area contributed by atoms with Gasteiger partial charge in [0.15, 0.2) is 0 Å². The van der Waals surface area contributed by atoms with Gasteiger partial charge in [0.1, 0.15) is 0 Å². The molecule has 0 aliphatic heterocycles. The van der Waals surface area contributed by atoms with Crippen LogP contribution in [-0.2, 0) is 4.79 Å². The molecule has 0 fully saturated rings. The fourth-order valence-electron chi connectivity index (χ4n) is 1.30. The minimum absolute atomic E-state index is 0.644. The van der Waals surface area contributed by atoms with Gasteiger partial charge in [-0.25, -0.2) is 4.79 Å². The first-order valence-corrected chi connectivity index (χ1v) is 5.72. The standard InChI is InChI=1S/C14H22O2/c1-12(2)8-7-10-13(3)9-5-4-6-11-14(15)16/h4-6,8,11,13H,7,9-10H2,1-3H3,(H,15,16)/b5-4+,11-6+. The van der Waals surface area contributed by atoms with Crippen LogP contribution in [0.15, 0.2) is 36.0 Å². The van der Waals surface area contributed by atoms with E-state index in [1.54, 1.807) is 12.2 Å². The average molecular weight is 222 g/mol. The average Bonchev–Trinajstić information content (AvgIpc) is 2.16. The highest BCUT2D eigenvalue weighted by Crippen LogP contribution is 2.12. The molecule has 90 valence electrons. The molecule has 0 heterocycles. The lowest BCUT2D eigenvalue weighted by molar-refractivity contribution is -0.131. The van der Waals surface area contributed by atoms with Crippen molar-refractivity contribution in [3.8, 4) is 0 Å². The zero-order valence-electron chi connectivity index (χ0n) is 10.4. The van der Waals surface area contributed by atoms with Gasteiger partial charge in [0.05, 0.1) is 0 Å². The number of rotatable bonds is 7. The van der Waals surface area contributed by atoms with Gasteiger partial charge in [-0.3, -0.25) is 0 Å². The zero-order chi connectivity index (χ0) is 12.4. The summed E-state index contributed by atoms with van der Waals surface area (Å²) in [7, 11) is 0. The van der Waals surface area contributed by atoms with Crippen LogP contribution in [0.2, 0.25) is 0 Å². The number of hydrogen-bond donors (Lipinski definition) is 1. The predicted octanol–water partition coefficient (Wildman–Crippen LogP) is 3.96.